The van der Waals surface area contributed by atoms with Gasteiger partial charge in [0.1, 0.15) is 5.71 Å². The van der Waals surface area contributed by atoms with Crippen molar-refractivity contribution in [1.29, 1.82) is 0 Å². The summed E-state index contributed by atoms with van der Waals surface area (Å²) in [6.07, 6.45) is 2.96. The largest absolute Gasteiger partial charge is 0.769 e. The van der Waals surface area contributed by atoms with Crippen LogP contribution in [0.4, 0.5) is 5.69 Å². The number of ketones is 1. The quantitative estimate of drug-likeness (QED) is 0.535. The lowest BCUT2D eigenvalue weighted by Gasteiger charge is -2.39. The molecule has 12 nitrogen and oxygen atoms in total. The zero-order chi connectivity index (χ0) is 21.3. The van der Waals surface area contributed by atoms with Gasteiger partial charge in [0, 0.05) is 5.70 Å². The molecule has 13 heteroatoms. The van der Waals surface area contributed by atoms with Gasteiger partial charge in [-0.2, -0.15) is 10.1 Å². The first-order valence-corrected chi connectivity index (χ1v) is 9.39. The smallest absolute Gasteiger partial charge is 0.301 e. The summed E-state index contributed by atoms with van der Waals surface area (Å²) in [5.74, 6) is -1.28. The second-order valence-electron chi connectivity index (χ2n) is 5.80. The molecule has 1 aliphatic heterocycles. The molecule has 1 aromatic rings. The molecule has 0 saturated heterocycles. The Hall–Kier alpha value is -3.52. The average Bonchev–Trinajstić information content (AvgIpc) is 2.94. The van der Waals surface area contributed by atoms with Crippen molar-refractivity contribution >= 4 is 44.5 Å². The molecular formula is C16H12N6O6S-2. The predicted molar refractivity (Wildman–Crippen MR) is 104 cm³/mol. The number of nitrogens with zero attached hydrogens (tertiary/aromatic N) is 5. The van der Waals surface area contributed by atoms with E-state index in [0.717, 1.165) is 23.2 Å². The normalized spacial score (nSPS) is 19.8. The first-order valence-electron chi connectivity index (χ1n) is 7.85. The molecule has 1 aliphatic carbocycles. The van der Waals surface area contributed by atoms with Gasteiger partial charge in [-0.05, 0) is 49.4 Å². The number of amides is 1. The van der Waals surface area contributed by atoms with Gasteiger partial charge in [-0.3, -0.25) is 9.59 Å². The second-order valence-corrected chi connectivity index (χ2v) is 7.36. The Labute approximate surface area is 164 Å². The number of rotatable bonds is 4. The van der Waals surface area contributed by atoms with Crippen LogP contribution in [0.1, 0.15) is 6.92 Å². The molecule has 0 aromatic heterocycles. The van der Waals surface area contributed by atoms with E-state index in [9.17, 15) is 28.4 Å². The van der Waals surface area contributed by atoms with E-state index < -0.39 is 26.9 Å². The zero-order valence-electron chi connectivity index (χ0n) is 14.7. The minimum absolute atomic E-state index is 0.133. The Morgan fingerprint density at radius 1 is 1.10 bits per heavy atom. The summed E-state index contributed by atoms with van der Waals surface area (Å²) in [6.45, 7) is 1.48. The molecular weight excluding hydrogens is 404 g/mol. The van der Waals surface area contributed by atoms with E-state index in [1.165, 1.54) is 31.2 Å². The summed E-state index contributed by atoms with van der Waals surface area (Å²) in [5.41, 5.74) is -0.378. The maximum absolute atomic E-state index is 12.6. The third-order valence-electron chi connectivity index (χ3n) is 3.81. The monoisotopic (exact) mass is 416 g/mol. The molecule has 2 N–H and O–H groups in total. The number of anilines is 1. The van der Waals surface area contributed by atoms with Gasteiger partial charge >= 0.3 is 5.91 Å². The van der Waals surface area contributed by atoms with Gasteiger partial charge in [0.2, 0.25) is 15.8 Å². The number of allylic oxidation sites excluding steroid dienone is 3. The molecule has 0 spiro atoms. The molecule has 1 heterocycles. The summed E-state index contributed by atoms with van der Waals surface area (Å²) in [5, 5.41) is 38.4. The Bertz CT molecular complexity index is 1140. The number of hydrazone groups is 1. The fourth-order valence-corrected chi connectivity index (χ4v) is 2.88. The SMILES string of the molecule is CC1=NN(c2ccc(S(N)(=O)=O)cc2)C(=O)C1=NN=C1C=C(N([O-])[O-])C=CC1=O. The van der Waals surface area contributed by atoms with Gasteiger partial charge in [0.05, 0.1) is 16.3 Å². The van der Waals surface area contributed by atoms with Crippen molar-refractivity contribution in [2.75, 3.05) is 5.01 Å². The number of sulfonamides is 1. The highest BCUT2D eigenvalue weighted by Gasteiger charge is 2.31. The van der Waals surface area contributed by atoms with Crippen molar-refractivity contribution in [2.24, 2.45) is 20.4 Å². The number of hydrogen-bond acceptors (Lipinski definition) is 10. The van der Waals surface area contributed by atoms with E-state index in [1.807, 2.05) is 0 Å². The summed E-state index contributed by atoms with van der Waals surface area (Å²) in [7, 11) is -3.89. The molecule has 0 unspecified atom stereocenters. The molecule has 0 radical (unpaired) electrons. The van der Waals surface area contributed by atoms with Gasteiger partial charge < -0.3 is 15.6 Å². The number of nitrogens with two attached hydrogens (primary N) is 1. The maximum atomic E-state index is 12.6. The third kappa shape index (κ3) is 4.17. The molecule has 0 bridgehead atoms. The van der Waals surface area contributed by atoms with Crippen molar-refractivity contribution in [2.45, 2.75) is 11.8 Å². The molecule has 150 valence electrons. The van der Waals surface area contributed by atoms with Gasteiger partial charge in [0.15, 0.2) is 5.71 Å². The predicted octanol–water partition coefficient (Wildman–Crippen LogP) is 0.174. The summed E-state index contributed by atoms with van der Waals surface area (Å²) in [4.78, 5) is 24.2. The van der Waals surface area contributed by atoms with Crippen molar-refractivity contribution in [1.82, 2.24) is 5.23 Å². The van der Waals surface area contributed by atoms with Gasteiger partial charge in [-0.25, -0.2) is 13.6 Å². The van der Waals surface area contributed by atoms with E-state index in [4.69, 9.17) is 5.14 Å². The van der Waals surface area contributed by atoms with E-state index in [0.29, 0.717) is 0 Å². The standard InChI is InChI=1S/C16H12N6O6S/c1-9-15(19-18-13-8-11(22(25)26)4-7-14(13)23)16(24)21(20-9)10-2-5-12(6-3-10)29(17,27)28/h2-8H,1H3,(H2,17,27,28)/q-2. The van der Waals surface area contributed by atoms with Crippen LogP contribution < -0.4 is 10.1 Å². The zero-order valence-corrected chi connectivity index (χ0v) is 15.5. The number of carbonyl (C=O) groups is 2. The Kier molecular flexibility index (Phi) is 5.21. The van der Waals surface area contributed by atoms with Gasteiger partial charge in [0.25, 0.3) is 0 Å². The summed E-state index contributed by atoms with van der Waals surface area (Å²) in [6, 6.07) is 5.11. The number of hydrogen-bond donors (Lipinski definition) is 1. The number of carbonyl (C=O) groups excluding carboxylic acids is 2. The first kappa shape index (κ1) is 20.2. The van der Waals surface area contributed by atoms with Crippen LogP contribution in [-0.2, 0) is 19.6 Å². The lowest BCUT2D eigenvalue weighted by atomic mass is 10.1. The topological polar surface area (TPSA) is 184 Å². The highest BCUT2D eigenvalue weighted by molar-refractivity contribution is 7.89. The lowest BCUT2D eigenvalue weighted by molar-refractivity contribution is -0.112. The maximum Gasteiger partial charge on any atom is 0.301 e. The van der Waals surface area contributed by atoms with Crippen LogP contribution in [0.3, 0.4) is 0 Å². The number of hydroxylamine groups is 2. The highest BCUT2D eigenvalue weighted by atomic mass is 32.2. The van der Waals surface area contributed by atoms with Crippen molar-refractivity contribution in [3.05, 3.63) is 58.6 Å². The fraction of sp³-hybridized carbons (Fsp3) is 0.0625. The average molecular weight is 416 g/mol. The molecule has 0 fully saturated rings. The molecule has 1 aromatic carbocycles. The first-order chi connectivity index (χ1) is 13.6. The third-order valence-corrected chi connectivity index (χ3v) is 4.74. The Morgan fingerprint density at radius 3 is 2.34 bits per heavy atom. The minimum Gasteiger partial charge on any atom is -0.769 e. The van der Waals surface area contributed by atoms with Gasteiger partial charge in [-0.15, -0.1) is 10.2 Å². The highest BCUT2D eigenvalue weighted by Crippen LogP contribution is 2.21. The van der Waals surface area contributed by atoms with Crippen molar-refractivity contribution in [3.8, 4) is 0 Å². The molecule has 29 heavy (non-hydrogen) atoms. The second kappa shape index (κ2) is 7.48. The summed E-state index contributed by atoms with van der Waals surface area (Å²) >= 11 is 0. The van der Waals surface area contributed by atoms with Crippen LogP contribution >= 0.6 is 0 Å². The Balaban J connectivity index is 1.88. The van der Waals surface area contributed by atoms with Crippen molar-refractivity contribution < 1.29 is 18.0 Å². The van der Waals surface area contributed by atoms with Gasteiger partial charge in [-0.1, -0.05) is 0 Å². The summed E-state index contributed by atoms with van der Waals surface area (Å²) < 4.78 is 22.6. The van der Waals surface area contributed by atoms with E-state index in [2.05, 4.69) is 15.3 Å². The van der Waals surface area contributed by atoms with Crippen LogP contribution in [-0.4, -0.2) is 42.5 Å². The molecule has 0 atom stereocenters. The van der Waals surface area contributed by atoms with E-state index in [1.54, 1.807) is 0 Å². The van der Waals surface area contributed by atoms with E-state index in [-0.39, 0.29) is 33.4 Å². The number of benzene rings is 1. The van der Waals surface area contributed by atoms with E-state index >= 15 is 0 Å². The van der Waals surface area contributed by atoms with Crippen molar-refractivity contribution in [3.63, 3.8) is 0 Å². The van der Waals surface area contributed by atoms with Crippen LogP contribution in [0.2, 0.25) is 0 Å². The lowest BCUT2D eigenvalue weighted by Crippen LogP contribution is -2.27. The minimum atomic E-state index is -3.89. The van der Waals surface area contributed by atoms with Crippen LogP contribution in [0.5, 0.6) is 0 Å². The molecule has 3 rings (SSSR count). The van der Waals surface area contributed by atoms with Crippen LogP contribution in [0, 0.1) is 10.4 Å². The number of primary sulfonamides is 1. The molecule has 2 aliphatic rings. The van der Waals surface area contributed by atoms with Crippen LogP contribution in [0.25, 0.3) is 0 Å². The molecule has 1 amide bonds. The Morgan fingerprint density at radius 2 is 1.76 bits per heavy atom. The molecule has 0 saturated carbocycles. The van der Waals surface area contributed by atoms with Crippen LogP contribution in [0.15, 0.2) is 68.4 Å². The fourth-order valence-electron chi connectivity index (χ4n) is 2.37.